The first-order valence-corrected chi connectivity index (χ1v) is 8.29. The number of fused-ring (bicyclic) bond motifs is 1. The average Bonchev–Trinajstić information content (AvgIpc) is 2.68. The van der Waals surface area contributed by atoms with Gasteiger partial charge in [-0.3, -0.25) is 9.59 Å². The Bertz CT molecular complexity index is 1040. The van der Waals surface area contributed by atoms with Gasteiger partial charge in [0, 0.05) is 10.9 Å². The van der Waals surface area contributed by atoms with E-state index in [1.165, 1.54) is 13.3 Å². The van der Waals surface area contributed by atoms with Crippen molar-refractivity contribution in [3.05, 3.63) is 65.3 Å². The van der Waals surface area contributed by atoms with Crippen molar-refractivity contribution in [2.24, 2.45) is 5.10 Å². The smallest absolute Gasteiger partial charge is 0.329 e. The van der Waals surface area contributed by atoms with Gasteiger partial charge in [-0.05, 0) is 24.3 Å². The van der Waals surface area contributed by atoms with E-state index < -0.39 is 11.8 Å². The number of aromatic nitrogens is 1. The number of carbonyl (C=O) groups is 2. The molecule has 27 heavy (non-hydrogen) atoms. The minimum absolute atomic E-state index is 0.241. The summed E-state index contributed by atoms with van der Waals surface area (Å²) in [7, 11) is 1.47. The normalized spacial score (nSPS) is 10.7. The van der Waals surface area contributed by atoms with Crippen LogP contribution in [0.5, 0.6) is 5.75 Å². The Morgan fingerprint density at radius 1 is 1.11 bits per heavy atom. The molecule has 0 aliphatic heterocycles. The molecule has 0 saturated carbocycles. The molecule has 1 aromatic heterocycles. The van der Waals surface area contributed by atoms with Crippen molar-refractivity contribution in [1.82, 2.24) is 10.4 Å². The lowest BCUT2D eigenvalue weighted by molar-refractivity contribution is -0.136. The van der Waals surface area contributed by atoms with Crippen LogP contribution in [-0.4, -0.2) is 30.1 Å². The van der Waals surface area contributed by atoms with Crippen molar-refractivity contribution < 1.29 is 14.3 Å². The lowest BCUT2D eigenvalue weighted by Gasteiger charge is -2.08. The van der Waals surface area contributed by atoms with E-state index in [4.69, 9.17) is 16.3 Å². The van der Waals surface area contributed by atoms with Crippen LogP contribution < -0.4 is 15.5 Å². The van der Waals surface area contributed by atoms with Crippen molar-refractivity contribution in [2.45, 2.75) is 0 Å². The fourth-order valence-electron chi connectivity index (χ4n) is 2.34. The van der Waals surface area contributed by atoms with Crippen LogP contribution >= 0.6 is 11.6 Å². The number of hydrazone groups is 1. The van der Waals surface area contributed by atoms with Crippen molar-refractivity contribution in [3.8, 4) is 5.75 Å². The summed E-state index contributed by atoms with van der Waals surface area (Å²) < 4.78 is 5.12. The number of carbonyl (C=O) groups excluding carboxylic acids is 2. The number of nitrogens with one attached hydrogen (secondary N) is 2. The predicted molar refractivity (Wildman–Crippen MR) is 104 cm³/mol. The van der Waals surface area contributed by atoms with Crippen LogP contribution in [0.1, 0.15) is 5.56 Å². The number of anilines is 1. The number of halogens is 1. The van der Waals surface area contributed by atoms with Crippen LogP contribution in [0.25, 0.3) is 10.9 Å². The molecule has 2 N–H and O–H groups in total. The molecule has 0 spiro atoms. The highest BCUT2D eigenvalue weighted by Gasteiger charge is 2.15. The zero-order chi connectivity index (χ0) is 19.2. The standard InChI is InChI=1S/C19H15ClN4O3/c1-27-16-9-5-4-8-15(16)23-18(25)19(26)24-21-11-13-10-12-6-2-3-7-14(12)22-17(13)20/h2-11H,1H3,(H,23,25)(H,24,26)/b21-11+. The van der Waals surface area contributed by atoms with E-state index >= 15 is 0 Å². The molecule has 0 radical (unpaired) electrons. The Morgan fingerprint density at radius 2 is 1.85 bits per heavy atom. The van der Waals surface area contributed by atoms with Gasteiger partial charge in [-0.15, -0.1) is 0 Å². The lowest BCUT2D eigenvalue weighted by atomic mass is 10.2. The van der Waals surface area contributed by atoms with Crippen LogP contribution in [0.15, 0.2) is 59.7 Å². The highest BCUT2D eigenvalue weighted by molar-refractivity contribution is 6.39. The van der Waals surface area contributed by atoms with Crippen LogP contribution in [0.2, 0.25) is 5.15 Å². The molecule has 2 aromatic carbocycles. The highest BCUT2D eigenvalue weighted by Crippen LogP contribution is 2.22. The summed E-state index contributed by atoms with van der Waals surface area (Å²) in [6.07, 6.45) is 1.33. The van der Waals surface area contributed by atoms with Crippen molar-refractivity contribution in [1.29, 1.82) is 0 Å². The Balaban J connectivity index is 1.66. The molecule has 0 unspecified atom stereocenters. The maximum atomic E-state index is 12.0. The molecule has 3 aromatic rings. The van der Waals surface area contributed by atoms with Crippen molar-refractivity contribution >= 4 is 46.2 Å². The molecule has 0 aliphatic carbocycles. The van der Waals surface area contributed by atoms with Gasteiger partial charge in [0.15, 0.2) is 0 Å². The molecule has 2 amide bonds. The average molecular weight is 383 g/mol. The second-order valence-corrected chi connectivity index (χ2v) is 5.77. The van der Waals surface area contributed by atoms with Crippen molar-refractivity contribution in [3.63, 3.8) is 0 Å². The number of ether oxygens (including phenoxy) is 1. The first kappa shape index (κ1) is 18.3. The Hall–Kier alpha value is -3.45. The summed E-state index contributed by atoms with van der Waals surface area (Å²) in [5, 5.41) is 7.35. The fraction of sp³-hybridized carbons (Fsp3) is 0.0526. The molecular weight excluding hydrogens is 368 g/mol. The Labute approximate surface area is 160 Å². The summed E-state index contributed by atoms with van der Waals surface area (Å²) in [5.41, 5.74) is 3.80. The van der Waals surface area contributed by atoms with Gasteiger partial charge in [-0.2, -0.15) is 5.10 Å². The molecule has 8 heteroatoms. The second-order valence-electron chi connectivity index (χ2n) is 5.41. The number of pyridine rings is 1. The minimum Gasteiger partial charge on any atom is -0.495 e. The molecule has 1 heterocycles. The van der Waals surface area contributed by atoms with E-state index in [1.54, 1.807) is 30.3 Å². The zero-order valence-corrected chi connectivity index (χ0v) is 15.0. The van der Waals surface area contributed by atoms with Gasteiger partial charge in [-0.1, -0.05) is 41.9 Å². The molecule has 7 nitrogen and oxygen atoms in total. The first-order valence-electron chi connectivity index (χ1n) is 7.91. The third kappa shape index (κ3) is 4.39. The third-order valence-corrected chi connectivity index (χ3v) is 3.94. The molecular formula is C19H15ClN4O3. The fourth-order valence-corrected chi connectivity index (χ4v) is 2.53. The highest BCUT2D eigenvalue weighted by atomic mass is 35.5. The first-order chi connectivity index (χ1) is 13.1. The van der Waals surface area contributed by atoms with E-state index in [0.29, 0.717) is 17.0 Å². The zero-order valence-electron chi connectivity index (χ0n) is 14.3. The topological polar surface area (TPSA) is 92.7 Å². The summed E-state index contributed by atoms with van der Waals surface area (Å²) in [5.74, 6) is -1.36. The molecule has 0 fully saturated rings. The summed E-state index contributed by atoms with van der Waals surface area (Å²) in [4.78, 5) is 28.1. The number of nitrogens with zero attached hydrogens (tertiary/aromatic N) is 2. The maximum absolute atomic E-state index is 12.0. The Kier molecular flexibility index (Phi) is 5.63. The maximum Gasteiger partial charge on any atom is 0.329 e. The Morgan fingerprint density at radius 3 is 2.67 bits per heavy atom. The van der Waals surface area contributed by atoms with Crippen LogP contribution in [0.4, 0.5) is 5.69 Å². The third-order valence-electron chi connectivity index (χ3n) is 3.64. The number of para-hydroxylation sites is 3. The summed E-state index contributed by atoms with van der Waals surface area (Å²) in [6, 6.07) is 16.0. The number of rotatable bonds is 4. The predicted octanol–water partition coefficient (Wildman–Crippen LogP) is 2.99. The van der Waals surface area contributed by atoms with Gasteiger partial charge in [0.05, 0.1) is 24.5 Å². The van der Waals surface area contributed by atoms with Gasteiger partial charge in [0.2, 0.25) is 0 Å². The van der Waals surface area contributed by atoms with Crippen molar-refractivity contribution in [2.75, 3.05) is 12.4 Å². The second kappa shape index (κ2) is 8.29. The molecule has 0 saturated heterocycles. The SMILES string of the molecule is COc1ccccc1NC(=O)C(=O)N/N=C/c1cc2ccccc2nc1Cl. The number of amides is 2. The number of benzene rings is 2. The van der Waals surface area contributed by atoms with E-state index in [9.17, 15) is 9.59 Å². The van der Waals surface area contributed by atoms with Crippen LogP contribution in [0, 0.1) is 0 Å². The molecule has 0 bridgehead atoms. The van der Waals surface area contributed by atoms with Gasteiger partial charge >= 0.3 is 11.8 Å². The van der Waals surface area contributed by atoms with Gasteiger partial charge in [-0.25, -0.2) is 10.4 Å². The minimum atomic E-state index is -0.929. The lowest BCUT2D eigenvalue weighted by Crippen LogP contribution is -2.32. The van der Waals surface area contributed by atoms with Crippen LogP contribution in [-0.2, 0) is 9.59 Å². The molecule has 136 valence electrons. The van der Waals surface area contributed by atoms with E-state index in [0.717, 1.165) is 10.9 Å². The number of hydrogen-bond acceptors (Lipinski definition) is 5. The monoisotopic (exact) mass is 382 g/mol. The number of methoxy groups -OCH3 is 1. The van der Waals surface area contributed by atoms with E-state index in [1.807, 2.05) is 24.3 Å². The van der Waals surface area contributed by atoms with Crippen LogP contribution in [0.3, 0.4) is 0 Å². The van der Waals surface area contributed by atoms with Gasteiger partial charge in [0.1, 0.15) is 10.9 Å². The van der Waals surface area contributed by atoms with Gasteiger partial charge in [0.25, 0.3) is 0 Å². The van der Waals surface area contributed by atoms with E-state index in [2.05, 4.69) is 20.8 Å². The van der Waals surface area contributed by atoms with Gasteiger partial charge < -0.3 is 10.1 Å². The molecule has 0 aliphatic rings. The summed E-state index contributed by atoms with van der Waals surface area (Å²) in [6.45, 7) is 0. The quantitative estimate of drug-likeness (QED) is 0.314. The number of hydrogen-bond donors (Lipinski definition) is 2. The molecule has 0 atom stereocenters. The molecule has 3 rings (SSSR count). The summed E-state index contributed by atoms with van der Waals surface area (Å²) >= 11 is 6.11. The largest absolute Gasteiger partial charge is 0.495 e. The van der Waals surface area contributed by atoms with E-state index in [-0.39, 0.29) is 5.15 Å².